The molecule has 30 heavy (non-hydrogen) atoms. The van der Waals surface area contributed by atoms with E-state index in [9.17, 15) is 4.79 Å². The second-order valence-electron chi connectivity index (χ2n) is 6.95. The number of fused-ring (bicyclic) bond motifs is 2. The Balaban J connectivity index is 1.63. The molecule has 5 nitrogen and oxygen atoms in total. The summed E-state index contributed by atoms with van der Waals surface area (Å²) < 4.78 is 1.13. The molecule has 0 aliphatic carbocycles. The maximum Gasteiger partial charge on any atom is 0.221 e. The molecule has 0 saturated heterocycles. The minimum absolute atomic E-state index is 0.0873. The van der Waals surface area contributed by atoms with Crippen LogP contribution in [0.25, 0.3) is 32.9 Å². The van der Waals surface area contributed by atoms with Gasteiger partial charge in [0.1, 0.15) is 10.8 Å². The molecule has 0 saturated carbocycles. The standard InChI is InChI=1S/C24H18N4OS/c1-15(29)25-17-12-10-16(11-13-17)14-18(23-26-19-6-2-3-7-20(19)27-23)24-28-21-8-4-5-9-22(21)30-24/h2-14H,1H3,(H,25,29)(H,26,27)/b18-14+. The Labute approximate surface area is 177 Å². The summed E-state index contributed by atoms with van der Waals surface area (Å²) in [5.41, 5.74) is 5.57. The lowest BCUT2D eigenvalue weighted by Crippen LogP contribution is -2.05. The number of para-hydroxylation sites is 3. The number of anilines is 1. The van der Waals surface area contributed by atoms with E-state index in [1.165, 1.54) is 6.92 Å². The van der Waals surface area contributed by atoms with Gasteiger partial charge in [-0.2, -0.15) is 0 Å². The lowest BCUT2D eigenvalue weighted by Gasteiger charge is -2.04. The molecular formula is C24H18N4OS. The maximum absolute atomic E-state index is 11.3. The number of nitrogens with one attached hydrogen (secondary N) is 2. The Morgan fingerprint density at radius 1 is 0.933 bits per heavy atom. The monoisotopic (exact) mass is 410 g/mol. The highest BCUT2D eigenvalue weighted by atomic mass is 32.1. The first-order valence-corrected chi connectivity index (χ1v) is 10.4. The maximum atomic E-state index is 11.3. The molecule has 0 spiro atoms. The van der Waals surface area contributed by atoms with E-state index in [1.807, 2.05) is 66.7 Å². The predicted molar refractivity (Wildman–Crippen MR) is 123 cm³/mol. The van der Waals surface area contributed by atoms with Gasteiger partial charge in [0.05, 0.1) is 26.8 Å². The summed E-state index contributed by atoms with van der Waals surface area (Å²) >= 11 is 1.64. The Kier molecular flexibility index (Phi) is 4.61. The SMILES string of the molecule is CC(=O)Nc1ccc(/C=C(\c2nc3ccccc3[nH]2)c2nc3ccccc3s2)cc1. The van der Waals surface area contributed by atoms with Crippen molar-refractivity contribution in [2.45, 2.75) is 6.92 Å². The molecule has 0 aliphatic rings. The molecule has 0 fully saturated rings. The molecule has 0 bridgehead atoms. The zero-order valence-electron chi connectivity index (χ0n) is 16.2. The van der Waals surface area contributed by atoms with Crippen molar-refractivity contribution in [2.75, 3.05) is 5.32 Å². The van der Waals surface area contributed by atoms with Crippen LogP contribution in [-0.4, -0.2) is 20.9 Å². The number of H-pyrrole nitrogens is 1. The number of hydrogen-bond donors (Lipinski definition) is 2. The number of nitrogens with zero attached hydrogens (tertiary/aromatic N) is 2. The van der Waals surface area contributed by atoms with Crippen LogP contribution in [0.5, 0.6) is 0 Å². The van der Waals surface area contributed by atoms with Crippen molar-refractivity contribution >= 4 is 55.8 Å². The van der Waals surface area contributed by atoms with E-state index in [1.54, 1.807) is 11.3 Å². The van der Waals surface area contributed by atoms with Crippen molar-refractivity contribution in [2.24, 2.45) is 0 Å². The van der Waals surface area contributed by atoms with Crippen molar-refractivity contribution in [1.82, 2.24) is 15.0 Å². The number of imidazole rings is 1. The Bertz CT molecular complexity index is 1250. The van der Waals surface area contributed by atoms with Crippen LogP contribution in [-0.2, 0) is 4.79 Å². The van der Waals surface area contributed by atoms with E-state index in [2.05, 4.69) is 22.4 Å². The zero-order valence-corrected chi connectivity index (χ0v) is 17.0. The second kappa shape index (κ2) is 7.57. The van der Waals surface area contributed by atoms with Gasteiger partial charge in [-0.1, -0.05) is 36.4 Å². The third kappa shape index (κ3) is 3.60. The van der Waals surface area contributed by atoms with Crippen molar-refractivity contribution < 1.29 is 4.79 Å². The van der Waals surface area contributed by atoms with Crippen molar-refractivity contribution in [3.05, 3.63) is 89.2 Å². The quantitative estimate of drug-likeness (QED) is 0.398. The first-order chi connectivity index (χ1) is 14.7. The van der Waals surface area contributed by atoms with Crippen LogP contribution in [0.2, 0.25) is 0 Å². The largest absolute Gasteiger partial charge is 0.338 e. The average Bonchev–Trinajstić information content (AvgIpc) is 3.36. The molecule has 3 aromatic carbocycles. The van der Waals surface area contributed by atoms with Crippen LogP contribution in [0, 0.1) is 0 Å². The summed E-state index contributed by atoms with van der Waals surface area (Å²) in [4.78, 5) is 24.3. The van der Waals surface area contributed by atoms with Crippen molar-refractivity contribution in [3.8, 4) is 0 Å². The zero-order chi connectivity index (χ0) is 20.5. The summed E-state index contributed by atoms with van der Waals surface area (Å²) in [6.07, 6.45) is 2.08. The number of benzene rings is 3. The fourth-order valence-electron chi connectivity index (χ4n) is 3.33. The van der Waals surface area contributed by atoms with E-state index >= 15 is 0 Å². The molecule has 0 atom stereocenters. The fourth-order valence-corrected chi connectivity index (χ4v) is 4.31. The highest BCUT2D eigenvalue weighted by Crippen LogP contribution is 2.32. The molecular weight excluding hydrogens is 392 g/mol. The topological polar surface area (TPSA) is 70.7 Å². The van der Waals surface area contributed by atoms with E-state index < -0.39 is 0 Å². The average molecular weight is 411 g/mol. The van der Waals surface area contributed by atoms with Crippen LogP contribution < -0.4 is 5.32 Å². The number of aromatic nitrogens is 3. The molecule has 146 valence electrons. The normalized spacial score (nSPS) is 11.8. The number of rotatable bonds is 4. The minimum atomic E-state index is -0.0873. The van der Waals surface area contributed by atoms with Crippen LogP contribution >= 0.6 is 11.3 Å². The Morgan fingerprint density at radius 3 is 2.40 bits per heavy atom. The predicted octanol–water partition coefficient (Wildman–Crippen LogP) is 5.72. The van der Waals surface area contributed by atoms with Crippen molar-refractivity contribution in [3.63, 3.8) is 0 Å². The van der Waals surface area contributed by atoms with Gasteiger partial charge in [-0.15, -0.1) is 11.3 Å². The number of carbonyl (C=O) groups excluding carboxylic acids is 1. The lowest BCUT2D eigenvalue weighted by atomic mass is 10.1. The highest BCUT2D eigenvalue weighted by Gasteiger charge is 2.15. The van der Waals surface area contributed by atoms with E-state index in [0.717, 1.165) is 48.9 Å². The fraction of sp³-hybridized carbons (Fsp3) is 0.0417. The number of hydrogen-bond acceptors (Lipinski definition) is 4. The minimum Gasteiger partial charge on any atom is -0.338 e. The third-order valence-electron chi connectivity index (χ3n) is 4.71. The van der Waals surface area contributed by atoms with Gasteiger partial charge in [-0.3, -0.25) is 4.79 Å². The first kappa shape index (κ1) is 18.3. The number of thiazole rings is 1. The van der Waals surface area contributed by atoms with Gasteiger partial charge in [-0.05, 0) is 48.0 Å². The van der Waals surface area contributed by atoms with Gasteiger partial charge in [0.25, 0.3) is 0 Å². The van der Waals surface area contributed by atoms with Gasteiger partial charge >= 0.3 is 0 Å². The summed E-state index contributed by atoms with van der Waals surface area (Å²) in [7, 11) is 0. The summed E-state index contributed by atoms with van der Waals surface area (Å²) in [6, 6.07) is 23.8. The highest BCUT2D eigenvalue weighted by molar-refractivity contribution is 7.19. The van der Waals surface area contributed by atoms with E-state index in [4.69, 9.17) is 9.97 Å². The first-order valence-electron chi connectivity index (χ1n) is 9.56. The van der Waals surface area contributed by atoms with Crippen LogP contribution in [0.1, 0.15) is 23.3 Å². The number of aromatic amines is 1. The van der Waals surface area contributed by atoms with E-state index in [0.29, 0.717) is 0 Å². The lowest BCUT2D eigenvalue weighted by molar-refractivity contribution is -0.114. The summed E-state index contributed by atoms with van der Waals surface area (Å²) in [5.74, 6) is 0.692. The van der Waals surface area contributed by atoms with Crippen LogP contribution in [0.3, 0.4) is 0 Å². The smallest absolute Gasteiger partial charge is 0.221 e. The van der Waals surface area contributed by atoms with Gasteiger partial charge in [-0.25, -0.2) is 9.97 Å². The van der Waals surface area contributed by atoms with Crippen LogP contribution in [0.15, 0.2) is 72.8 Å². The molecule has 6 heteroatoms. The number of carbonyl (C=O) groups is 1. The van der Waals surface area contributed by atoms with Gasteiger partial charge < -0.3 is 10.3 Å². The summed E-state index contributed by atoms with van der Waals surface area (Å²) in [5, 5.41) is 3.70. The van der Waals surface area contributed by atoms with Gasteiger partial charge in [0.15, 0.2) is 0 Å². The van der Waals surface area contributed by atoms with E-state index in [-0.39, 0.29) is 5.91 Å². The van der Waals surface area contributed by atoms with Crippen molar-refractivity contribution in [1.29, 1.82) is 0 Å². The molecule has 5 rings (SSSR count). The third-order valence-corrected chi connectivity index (χ3v) is 5.78. The molecule has 2 heterocycles. The molecule has 2 aromatic heterocycles. The summed E-state index contributed by atoms with van der Waals surface area (Å²) in [6.45, 7) is 1.50. The van der Waals surface area contributed by atoms with Crippen LogP contribution in [0.4, 0.5) is 5.69 Å². The molecule has 2 N–H and O–H groups in total. The molecule has 5 aromatic rings. The Morgan fingerprint density at radius 2 is 1.67 bits per heavy atom. The second-order valence-corrected chi connectivity index (χ2v) is 7.98. The Hall–Kier alpha value is -3.77. The number of amides is 1. The van der Waals surface area contributed by atoms with Gasteiger partial charge in [0, 0.05) is 12.6 Å². The van der Waals surface area contributed by atoms with Gasteiger partial charge in [0.2, 0.25) is 5.91 Å². The molecule has 0 aliphatic heterocycles. The molecule has 1 amide bonds. The molecule has 0 radical (unpaired) electrons. The molecule has 0 unspecified atom stereocenters.